The van der Waals surface area contributed by atoms with Crippen LogP contribution in [0.15, 0.2) is 54.6 Å². The number of amides is 1. The van der Waals surface area contributed by atoms with E-state index >= 15 is 0 Å². The van der Waals surface area contributed by atoms with E-state index in [1.807, 2.05) is 62.4 Å². The smallest absolute Gasteiger partial charge is 0.223 e. The fraction of sp³-hybridized carbons (Fsp3) is 0.381. The van der Waals surface area contributed by atoms with Crippen LogP contribution in [0.1, 0.15) is 31.1 Å². The second kappa shape index (κ2) is 9.23. The molecule has 1 amide bonds. The van der Waals surface area contributed by atoms with Crippen molar-refractivity contribution in [1.29, 1.82) is 0 Å². The lowest BCUT2D eigenvalue weighted by Crippen LogP contribution is -2.37. The van der Waals surface area contributed by atoms with Gasteiger partial charge >= 0.3 is 0 Å². The highest BCUT2D eigenvalue weighted by molar-refractivity contribution is 5.79. The highest BCUT2D eigenvalue weighted by Gasteiger charge is 2.23. The van der Waals surface area contributed by atoms with Crippen molar-refractivity contribution < 1.29 is 14.6 Å². The van der Waals surface area contributed by atoms with Crippen LogP contribution in [-0.4, -0.2) is 24.7 Å². The molecule has 0 bridgehead atoms. The maximum Gasteiger partial charge on any atom is 0.223 e. The fourth-order valence-electron chi connectivity index (χ4n) is 2.79. The molecule has 0 aromatic heterocycles. The highest BCUT2D eigenvalue weighted by atomic mass is 16.5. The van der Waals surface area contributed by atoms with Crippen LogP contribution in [0.2, 0.25) is 0 Å². The number of aliphatic hydroxyl groups excluding tert-OH is 1. The number of hydrogen-bond donors (Lipinski definition) is 2. The predicted molar refractivity (Wildman–Crippen MR) is 99.4 cm³/mol. The summed E-state index contributed by atoms with van der Waals surface area (Å²) in [5.74, 6) is 0.752. The van der Waals surface area contributed by atoms with Crippen molar-refractivity contribution in [1.82, 2.24) is 5.32 Å². The van der Waals surface area contributed by atoms with Gasteiger partial charge in [0, 0.05) is 12.5 Å². The van der Waals surface area contributed by atoms with E-state index in [1.54, 1.807) is 13.2 Å². The van der Waals surface area contributed by atoms with E-state index in [0.717, 1.165) is 11.1 Å². The van der Waals surface area contributed by atoms with Crippen LogP contribution in [0.3, 0.4) is 0 Å². The molecule has 2 unspecified atom stereocenters. The Hall–Kier alpha value is -2.33. The van der Waals surface area contributed by atoms with Gasteiger partial charge in [-0.25, -0.2) is 0 Å². The van der Waals surface area contributed by atoms with Crippen molar-refractivity contribution in [2.45, 2.75) is 26.4 Å². The first-order valence-electron chi connectivity index (χ1n) is 8.65. The maximum atomic E-state index is 12.6. The molecule has 4 heteroatoms. The van der Waals surface area contributed by atoms with Crippen molar-refractivity contribution in [2.24, 2.45) is 11.8 Å². The van der Waals surface area contributed by atoms with Crippen molar-refractivity contribution in [3.8, 4) is 5.75 Å². The number of hydrogen-bond acceptors (Lipinski definition) is 3. The minimum Gasteiger partial charge on any atom is -0.497 e. The summed E-state index contributed by atoms with van der Waals surface area (Å²) < 4.78 is 5.17. The molecule has 2 N–H and O–H groups in total. The molecule has 0 heterocycles. The van der Waals surface area contributed by atoms with E-state index in [4.69, 9.17) is 4.74 Å². The van der Waals surface area contributed by atoms with Crippen LogP contribution in [0.25, 0.3) is 0 Å². The van der Waals surface area contributed by atoms with Gasteiger partial charge in [0.2, 0.25) is 5.91 Å². The van der Waals surface area contributed by atoms with Gasteiger partial charge in [0.15, 0.2) is 0 Å². The molecule has 2 aromatic rings. The quantitative estimate of drug-likeness (QED) is 0.774. The zero-order valence-corrected chi connectivity index (χ0v) is 15.1. The Balaban J connectivity index is 1.96. The lowest BCUT2D eigenvalue weighted by atomic mass is 9.88. The Morgan fingerprint density at radius 3 is 2.48 bits per heavy atom. The summed E-state index contributed by atoms with van der Waals surface area (Å²) in [7, 11) is 1.59. The van der Waals surface area contributed by atoms with E-state index in [-0.39, 0.29) is 24.3 Å². The minimum absolute atomic E-state index is 0.0270. The Kier molecular flexibility index (Phi) is 7.02. The Morgan fingerprint density at radius 2 is 1.84 bits per heavy atom. The molecule has 0 aliphatic heterocycles. The third-order valence-corrected chi connectivity index (χ3v) is 4.39. The van der Waals surface area contributed by atoms with Gasteiger partial charge in [-0.3, -0.25) is 4.79 Å². The number of ether oxygens (including phenoxy) is 1. The Morgan fingerprint density at radius 1 is 1.12 bits per heavy atom. The third-order valence-electron chi connectivity index (χ3n) is 4.39. The summed E-state index contributed by atoms with van der Waals surface area (Å²) in [6, 6.07) is 17.3. The summed E-state index contributed by atoms with van der Waals surface area (Å²) >= 11 is 0. The standard InChI is InChI=1S/C21H27NO3/c1-15(2)19(12-16-8-5-4-6-9-16)21(24)22-14-20(23)17-10-7-11-18(13-17)25-3/h4-11,13,15,19-20,23H,12,14H2,1-3H3,(H,22,24). The van der Waals surface area contributed by atoms with Gasteiger partial charge in [0.05, 0.1) is 13.2 Å². The third kappa shape index (κ3) is 5.61. The molecule has 2 atom stereocenters. The molecule has 0 saturated heterocycles. The van der Waals surface area contributed by atoms with E-state index < -0.39 is 6.10 Å². The van der Waals surface area contributed by atoms with Gasteiger partial charge in [-0.1, -0.05) is 56.3 Å². The normalized spacial score (nSPS) is 13.3. The minimum atomic E-state index is -0.761. The molecule has 0 spiro atoms. The average Bonchev–Trinajstić information content (AvgIpc) is 2.64. The zero-order chi connectivity index (χ0) is 18.2. The summed E-state index contributed by atoms with van der Waals surface area (Å²) in [6.45, 7) is 4.28. The molecule has 0 aliphatic rings. The van der Waals surface area contributed by atoms with Gasteiger partial charge in [-0.2, -0.15) is 0 Å². The second-order valence-electron chi connectivity index (χ2n) is 6.58. The Bertz CT molecular complexity index is 670. The predicted octanol–water partition coefficient (Wildman–Crippen LogP) is 3.36. The van der Waals surface area contributed by atoms with E-state index in [0.29, 0.717) is 12.2 Å². The molecule has 25 heavy (non-hydrogen) atoms. The number of rotatable bonds is 8. The molecule has 0 saturated carbocycles. The molecular weight excluding hydrogens is 314 g/mol. The zero-order valence-electron chi connectivity index (χ0n) is 15.1. The van der Waals surface area contributed by atoms with Crippen LogP contribution >= 0.6 is 0 Å². The first-order valence-corrected chi connectivity index (χ1v) is 8.65. The molecule has 134 valence electrons. The van der Waals surface area contributed by atoms with Crippen molar-refractivity contribution in [3.05, 3.63) is 65.7 Å². The van der Waals surface area contributed by atoms with Gasteiger partial charge in [-0.05, 0) is 35.6 Å². The number of benzene rings is 2. The van der Waals surface area contributed by atoms with Crippen LogP contribution in [0.5, 0.6) is 5.75 Å². The molecule has 2 rings (SSSR count). The number of nitrogens with one attached hydrogen (secondary N) is 1. The molecule has 0 fully saturated rings. The first-order chi connectivity index (χ1) is 12.0. The van der Waals surface area contributed by atoms with E-state index in [9.17, 15) is 9.90 Å². The van der Waals surface area contributed by atoms with Crippen LogP contribution in [-0.2, 0) is 11.2 Å². The number of carbonyl (C=O) groups is 1. The first kappa shape index (κ1) is 19.0. The lowest BCUT2D eigenvalue weighted by molar-refractivity contribution is -0.126. The van der Waals surface area contributed by atoms with Crippen molar-refractivity contribution in [2.75, 3.05) is 13.7 Å². The lowest BCUT2D eigenvalue weighted by Gasteiger charge is -2.21. The molecule has 0 radical (unpaired) electrons. The average molecular weight is 341 g/mol. The summed E-state index contributed by atoms with van der Waals surface area (Å²) in [5, 5.41) is 13.2. The Labute approximate surface area is 149 Å². The van der Waals surface area contributed by atoms with E-state index in [1.165, 1.54) is 0 Å². The summed E-state index contributed by atoms with van der Waals surface area (Å²) in [4.78, 5) is 12.6. The monoisotopic (exact) mass is 341 g/mol. The van der Waals surface area contributed by atoms with Gasteiger partial charge < -0.3 is 15.2 Å². The number of aliphatic hydroxyl groups is 1. The van der Waals surface area contributed by atoms with Crippen LogP contribution < -0.4 is 10.1 Å². The second-order valence-corrected chi connectivity index (χ2v) is 6.58. The van der Waals surface area contributed by atoms with Crippen molar-refractivity contribution >= 4 is 5.91 Å². The number of methoxy groups -OCH3 is 1. The topological polar surface area (TPSA) is 58.6 Å². The fourth-order valence-corrected chi connectivity index (χ4v) is 2.79. The SMILES string of the molecule is COc1cccc(C(O)CNC(=O)C(Cc2ccccc2)C(C)C)c1. The summed E-state index contributed by atoms with van der Waals surface area (Å²) in [5.41, 5.74) is 1.87. The molecule has 2 aromatic carbocycles. The maximum absolute atomic E-state index is 12.6. The molecule has 0 aliphatic carbocycles. The molecular formula is C21H27NO3. The van der Waals surface area contributed by atoms with Crippen LogP contribution in [0.4, 0.5) is 0 Å². The van der Waals surface area contributed by atoms with Gasteiger partial charge in [-0.15, -0.1) is 0 Å². The van der Waals surface area contributed by atoms with Gasteiger partial charge in [0.1, 0.15) is 5.75 Å². The largest absolute Gasteiger partial charge is 0.497 e. The van der Waals surface area contributed by atoms with Crippen molar-refractivity contribution in [3.63, 3.8) is 0 Å². The summed E-state index contributed by atoms with van der Waals surface area (Å²) in [6.07, 6.45) is -0.0665. The van der Waals surface area contributed by atoms with Gasteiger partial charge in [0.25, 0.3) is 0 Å². The van der Waals surface area contributed by atoms with E-state index in [2.05, 4.69) is 5.32 Å². The molecule has 4 nitrogen and oxygen atoms in total. The highest BCUT2D eigenvalue weighted by Crippen LogP contribution is 2.20. The number of carbonyl (C=O) groups excluding carboxylic acids is 1. The van der Waals surface area contributed by atoms with Crippen LogP contribution in [0, 0.1) is 11.8 Å².